The Morgan fingerprint density at radius 3 is 2.77 bits per heavy atom. The fourth-order valence-corrected chi connectivity index (χ4v) is 1.79. The average Bonchev–Trinajstić information content (AvgIpc) is 2.21. The lowest BCUT2D eigenvalue weighted by atomic mass is 9.98. The first kappa shape index (κ1) is 8.54. The highest BCUT2D eigenvalue weighted by Crippen LogP contribution is 2.22. The summed E-state index contributed by atoms with van der Waals surface area (Å²) in [6, 6.07) is 3.89. The van der Waals surface area contributed by atoms with Gasteiger partial charge in [0.25, 0.3) is 0 Å². The quantitative estimate of drug-likeness (QED) is 0.693. The molecule has 1 saturated carbocycles. The minimum atomic E-state index is 0.429. The zero-order valence-electron chi connectivity index (χ0n) is 7.78. The van der Waals surface area contributed by atoms with E-state index in [2.05, 4.69) is 4.98 Å². The Hall–Kier alpha value is -1.05. The molecule has 1 aliphatic rings. The highest BCUT2D eigenvalue weighted by Gasteiger charge is 2.14. The lowest BCUT2D eigenvalue weighted by Gasteiger charge is -2.22. The van der Waals surface area contributed by atoms with Crippen molar-refractivity contribution in [2.45, 2.75) is 38.2 Å². The molecule has 2 rings (SSSR count). The van der Waals surface area contributed by atoms with Crippen LogP contribution in [0.3, 0.4) is 0 Å². The van der Waals surface area contributed by atoms with Crippen LogP contribution in [0.1, 0.15) is 32.1 Å². The summed E-state index contributed by atoms with van der Waals surface area (Å²) in [5.41, 5.74) is 0. The van der Waals surface area contributed by atoms with Crippen molar-refractivity contribution >= 4 is 0 Å². The predicted molar refractivity (Wildman–Crippen MR) is 51.7 cm³/mol. The van der Waals surface area contributed by atoms with Crippen LogP contribution in [0.15, 0.2) is 24.5 Å². The fourth-order valence-electron chi connectivity index (χ4n) is 1.79. The number of nitrogens with zero attached hydrogens (tertiary/aromatic N) is 1. The lowest BCUT2D eigenvalue weighted by molar-refractivity contribution is 0.154. The highest BCUT2D eigenvalue weighted by molar-refractivity contribution is 5.15. The smallest absolute Gasteiger partial charge is 0.137 e. The third-order valence-electron chi connectivity index (χ3n) is 2.49. The molecule has 0 unspecified atom stereocenters. The monoisotopic (exact) mass is 177 g/mol. The SMILES string of the molecule is c1cncc(OC2CCCCC2)c1. The van der Waals surface area contributed by atoms with Crippen LogP contribution in [0.25, 0.3) is 0 Å². The molecule has 70 valence electrons. The van der Waals surface area contributed by atoms with Crippen molar-refractivity contribution in [1.29, 1.82) is 0 Å². The van der Waals surface area contributed by atoms with E-state index in [9.17, 15) is 0 Å². The second-order valence-corrected chi connectivity index (χ2v) is 3.57. The molecule has 1 fully saturated rings. The number of hydrogen-bond acceptors (Lipinski definition) is 2. The maximum absolute atomic E-state index is 5.79. The largest absolute Gasteiger partial charge is 0.489 e. The first-order valence-corrected chi connectivity index (χ1v) is 5.02. The number of aromatic nitrogens is 1. The zero-order chi connectivity index (χ0) is 8.93. The molecule has 0 radical (unpaired) electrons. The third-order valence-corrected chi connectivity index (χ3v) is 2.49. The van der Waals surface area contributed by atoms with Gasteiger partial charge in [-0.25, -0.2) is 0 Å². The number of ether oxygens (including phenoxy) is 1. The summed E-state index contributed by atoms with van der Waals surface area (Å²) in [6.07, 6.45) is 10.4. The Balaban J connectivity index is 1.90. The van der Waals surface area contributed by atoms with E-state index in [0.29, 0.717) is 6.10 Å². The van der Waals surface area contributed by atoms with Crippen molar-refractivity contribution in [1.82, 2.24) is 4.98 Å². The van der Waals surface area contributed by atoms with Gasteiger partial charge in [0.1, 0.15) is 5.75 Å². The fraction of sp³-hybridized carbons (Fsp3) is 0.545. The first-order chi connectivity index (χ1) is 6.45. The van der Waals surface area contributed by atoms with E-state index in [1.54, 1.807) is 12.4 Å². The van der Waals surface area contributed by atoms with Crippen molar-refractivity contribution < 1.29 is 4.74 Å². The Morgan fingerprint density at radius 1 is 1.23 bits per heavy atom. The van der Waals surface area contributed by atoms with Gasteiger partial charge in [-0.2, -0.15) is 0 Å². The minimum absolute atomic E-state index is 0.429. The van der Waals surface area contributed by atoms with E-state index in [0.717, 1.165) is 5.75 Å². The molecule has 2 heteroatoms. The van der Waals surface area contributed by atoms with Crippen LogP contribution >= 0.6 is 0 Å². The van der Waals surface area contributed by atoms with Crippen LogP contribution in [-0.2, 0) is 0 Å². The van der Waals surface area contributed by atoms with Gasteiger partial charge >= 0.3 is 0 Å². The summed E-state index contributed by atoms with van der Waals surface area (Å²) >= 11 is 0. The van der Waals surface area contributed by atoms with Crippen LogP contribution in [-0.4, -0.2) is 11.1 Å². The third kappa shape index (κ3) is 2.44. The molecule has 0 atom stereocenters. The van der Waals surface area contributed by atoms with Gasteiger partial charge in [-0.3, -0.25) is 4.98 Å². The van der Waals surface area contributed by atoms with Gasteiger partial charge in [-0.15, -0.1) is 0 Å². The van der Waals surface area contributed by atoms with Gasteiger partial charge in [-0.05, 0) is 37.8 Å². The molecule has 13 heavy (non-hydrogen) atoms. The van der Waals surface area contributed by atoms with Gasteiger partial charge < -0.3 is 4.74 Å². The average molecular weight is 177 g/mol. The first-order valence-electron chi connectivity index (χ1n) is 5.02. The van der Waals surface area contributed by atoms with Crippen molar-refractivity contribution in [2.24, 2.45) is 0 Å². The van der Waals surface area contributed by atoms with Crippen molar-refractivity contribution in [3.05, 3.63) is 24.5 Å². The van der Waals surface area contributed by atoms with Crippen molar-refractivity contribution in [3.8, 4) is 5.75 Å². The Labute approximate surface area is 78.9 Å². The van der Waals surface area contributed by atoms with Gasteiger partial charge in [0.2, 0.25) is 0 Å². The summed E-state index contributed by atoms with van der Waals surface area (Å²) in [6.45, 7) is 0. The molecule has 0 saturated heterocycles. The standard InChI is InChI=1S/C11H15NO/c1-2-5-10(6-3-1)13-11-7-4-8-12-9-11/h4,7-10H,1-3,5-6H2. The summed E-state index contributed by atoms with van der Waals surface area (Å²) in [7, 11) is 0. The molecule has 0 spiro atoms. The van der Waals surface area contributed by atoms with Crippen LogP contribution in [0.2, 0.25) is 0 Å². The van der Waals surface area contributed by atoms with Crippen LogP contribution in [0.4, 0.5) is 0 Å². The van der Waals surface area contributed by atoms with Gasteiger partial charge in [-0.1, -0.05) is 6.42 Å². The van der Waals surface area contributed by atoms with Crippen molar-refractivity contribution in [2.75, 3.05) is 0 Å². The highest BCUT2D eigenvalue weighted by atomic mass is 16.5. The van der Waals surface area contributed by atoms with Crippen molar-refractivity contribution in [3.63, 3.8) is 0 Å². The van der Waals surface area contributed by atoms with E-state index in [1.807, 2.05) is 12.1 Å². The summed E-state index contributed by atoms with van der Waals surface area (Å²) in [5.74, 6) is 0.911. The number of rotatable bonds is 2. The Bertz CT molecular complexity index is 242. The molecule has 0 bridgehead atoms. The summed E-state index contributed by atoms with van der Waals surface area (Å²) in [4.78, 5) is 4.03. The normalized spacial score (nSPS) is 18.5. The molecule has 0 aliphatic heterocycles. The Morgan fingerprint density at radius 2 is 2.08 bits per heavy atom. The number of hydrogen-bond donors (Lipinski definition) is 0. The molecular formula is C11H15NO. The maximum atomic E-state index is 5.79. The molecule has 1 aromatic rings. The van der Waals surface area contributed by atoms with E-state index in [-0.39, 0.29) is 0 Å². The van der Waals surface area contributed by atoms with Gasteiger partial charge in [0.15, 0.2) is 0 Å². The summed E-state index contributed by atoms with van der Waals surface area (Å²) in [5, 5.41) is 0. The summed E-state index contributed by atoms with van der Waals surface area (Å²) < 4.78 is 5.79. The van der Waals surface area contributed by atoms with Crippen LogP contribution in [0.5, 0.6) is 5.75 Å². The van der Waals surface area contributed by atoms with E-state index >= 15 is 0 Å². The zero-order valence-corrected chi connectivity index (χ0v) is 7.78. The van der Waals surface area contributed by atoms with Gasteiger partial charge in [0.05, 0.1) is 12.3 Å². The lowest BCUT2D eigenvalue weighted by Crippen LogP contribution is -2.19. The van der Waals surface area contributed by atoms with E-state index in [4.69, 9.17) is 4.74 Å². The molecule has 0 amide bonds. The molecule has 0 aromatic carbocycles. The molecular weight excluding hydrogens is 162 g/mol. The molecule has 2 nitrogen and oxygen atoms in total. The molecule has 1 aliphatic carbocycles. The van der Waals surface area contributed by atoms with Crippen LogP contribution < -0.4 is 4.74 Å². The predicted octanol–water partition coefficient (Wildman–Crippen LogP) is 2.79. The molecule has 1 aromatic heterocycles. The second kappa shape index (κ2) is 4.26. The number of pyridine rings is 1. The molecule has 1 heterocycles. The maximum Gasteiger partial charge on any atom is 0.137 e. The van der Waals surface area contributed by atoms with E-state index in [1.165, 1.54) is 32.1 Å². The Kier molecular flexibility index (Phi) is 2.80. The topological polar surface area (TPSA) is 22.1 Å². The van der Waals surface area contributed by atoms with Crippen LogP contribution in [0, 0.1) is 0 Å². The second-order valence-electron chi connectivity index (χ2n) is 3.57. The minimum Gasteiger partial charge on any atom is -0.489 e. The molecule has 0 N–H and O–H groups in total. The van der Waals surface area contributed by atoms with E-state index < -0.39 is 0 Å². The van der Waals surface area contributed by atoms with Gasteiger partial charge in [0, 0.05) is 6.20 Å².